The lowest BCUT2D eigenvalue weighted by Crippen LogP contribution is -2.18. The number of benzene rings is 7. The van der Waals surface area contributed by atoms with Crippen molar-refractivity contribution in [2.75, 3.05) is 0 Å². The third kappa shape index (κ3) is 8.84. The minimum atomic E-state index is -0.752. The fraction of sp³-hybridized carbons (Fsp3) is 0.200. The van der Waals surface area contributed by atoms with Crippen LogP contribution in [0.1, 0.15) is 89.3 Å². The van der Waals surface area contributed by atoms with Gasteiger partial charge in [0.1, 0.15) is 17.2 Å². The van der Waals surface area contributed by atoms with Crippen molar-refractivity contribution in [2.45, 2.75) is 60.8 Å². The number of pyridine rings is 3. The molecule has 69 heavy (non-hydrogen) atoms. The minimum Gasteiger partial charge on any atom is -0.423 e. The van der Waals surface area contributed by atoms with Crippen molar-refractivity contribution in [1.29, 1.82) is 0 Å². The van der Waals surface area contributed by atoms with Crippen molar-refractivity contribution in [1.82, 2.24) is 15.0 Å². The summed E-state index contributed by atoms with van der Waals surface area (Å²) in [5, 5.41) is 8.63. The lowest BCUT2D eigenvalue weighted by atomic mass is 9.94. The molecule has 0 unspecified atom stereocenters. The first-order valence-electron chi connectivity index (χ1n) is 23.6. The molecule has 0 aliphatic heterocycles. The Labute approximate surface area is 400 Å². The van der Waals surface area contributed by atoms with Gasteiger partial charge in [-0.25, -0.2) is 14.4 Å². The van der Waals surface area contributed by atoms with E-state index in [0.717, 1.165) is 81.7 Å². The summed E-state index contributed by atoms with van der Waals surface area (Å²) in [6.07, 6.45) is 7.17. The van der Waals surface area contributed by atoms with Gasteiger partial charge >= 0.3 is 17.9 Å². The number of aromatic nitrogens is 3. The maximum absolute atomic E-state index is 14.6. The molecular formula is C60H51N3O6. The number of ether oxygens (including phenoxy) is 3. The fourth-order valence-electron chi connectivity index (χ4n) is 9.58. The van der Waals surface area contributed by atoms with Gasteiger partial charge < -0.3 is 14.2 Å². The van der Waals surface area contributed by atoms with Crippen molar-refractivity contribution >= 4 is 82.9 Å². The van der Waals surface area contributed by atoms with Gasteiger partial charge in [0, 0.05) is 67.6 Å². The Morgan fingerprint density at radius 1 is 0.377 bits per heavy atom. The molecule has 0 aliphatic rings. The third-order valence-electron chi connectivity index (χ3n) is 12.6. The molecule has 0 saturated carbocycles. The topological polar surface area (TPSA) is 118 Å². The lowest BCUT2D eigenvalue weighted by Gasteiger charge is -2.18. The molecule has 0 spiro atoms. The standard InChI is InChI=1S/C60H51N3O6/c1-34(2)28-49-43-16-13-37-10-7-25-61-55(37)46(43)19-22-52(49)67-58(64)40-31-41(59(65)68-53-23-20-47-44(50(53)29-35(3)4)17-14-38-11-8-26-62-56(38)47)33-42(32-40)60(66)69-54-24-21-48-45(51(54)30-36(5)6)18-15-39-12-9-27-63-57(39)48/h7-27,31-36H,28-30H2,1-6H3. The Balaban J connectivity index is 1.06. The highest BCUT2D eigenvalue weighted by atomic mass is 16.5. The first-order valence-corrected chi connectivity index (χ1v) is 23.6. The molecule has 0 aliphatic carbocycles. The van der Waals surface area contributed by atoms with Gasteiger partial charge in [0.25, 0.3) is 0 Å². The summed E-state index contributed by atoms with van der Waals surface area (Å²) >= 11 is 0. The Hall–Kier alpha value is -8.04. The molecule has 9 nitrogen and oxygen atoms in total. The van der Waals surface area contributed by atoms with E-state index in [9.17, 15) is 14.4 Å². The summed E-state index contributed by atoms with van der Waals surface area (Å²) in [7, 11) is 0. The number of hydrogen-bond acceptors (Lipinski definition) is 9. The summed E-state index contributed by atoms with van der Waals surface area (Å²) < 4.78 is 18.8. The van der Waals surface area contributed by atoms with Crippen LogP contribution in [-0.2, 0) is 19.3 Å². The molecule has 342 valence electrons. The van der Waals surface area contributed by atoms with Crippen LogP contribution in [0.3, 0.4) is 0 Å². The van der Waals surface area contributed by atoms with E-state index in [4.69, 9.17) is 14.2 Å². The fourth-order valence-corrected chi connectivity index (χ4v) is 9.58. The van der Waals surface area contributed by atoms with Gasteiger partial charge in [0.05, 0.1) is 33.2 Å². The van der Waals surface area contributed by atoms with Gasteiger partial charge in [0.2, 0.25) is 0 Å². The molecule has 0 fully saturated rings. The van der Waals surface area contributed by atoms with Gasteiger partial charge in [-0.1, -0.05) is 96.1 Å². The molecule has 9 heteroatoms. The second-order valence-electron chi connectivity index (χ2n) is 19.1. The van der Waals surface area contributed by atoms with Gasteiger partial charge in [-0.3, -0.25) is 15.0 Å². The molecule has 7 aromatic carbocycles. The average Bonchev–Trinajstić information content (AvgIpc) is 3.35. The summed E-state index contributed by atoms with van der Waals surface area (Å²) in [6.45, 7) is 12.7. The van der Waals surface area contributed by atoms with Crippen LogP contribution in [0.4, 0.5) is 0 Å². The number of rotatable bonds is 12. The van der Waals surface area contributed by atoms with Gasteiger partial charge in [0.15, 0.2) is 0 Å². The monoisotopic (exact) mass is 909 g/mol. The maximum atomic E-state index is 14.6. The van der Waals surface area contributed by atoms with E-state index in [1.54, 1.807) is 36.8 Å². The van der Waals surface area contributed by atoms with Crippen LogP contribution in [-0.4, -0.2) is 32.9 Å². The molecule has 3 aromatic heterocycles. The minimum absolute atomic E-state index is 0.0240. The summed E-state index contributed by atoms with van der Waals surface area (Å²) in [5.41, 5.74) is 5.06. The van der Waals surface area contributed by atoms with Crippen LogP contribution >= 0.6 is 0 Å². The highest BCUT2D eigenvalue weighted by Crippen LogP contribution is 2.38. The summed E-state index contributed by atoms with van der Waals surface area (Å²) in [6, 6.07) is 39.4. The van der Waals surface area contributed by atoms with Gasteiger partial charge in [-0.15, -0.1) is 0 Å². The predicted molar refractivity (Wildman–Crippen MR) is 275 cm³/mol. The zero-order valence-electron chi connectivity index (χ0n) is 39.5. The van der Waals surface area contributed by atoms with Gasteiger partial charge in [-0.05, 0) is 126 Å². The molecule has 3 heterocycles. The molecule has 0 radical (unpaired) electrons. The van der Waals surface area contributed by atoms with E-state index in [1.165, 1.54) is 18.2 Å². The molecule has 0 N–H and O–H groups in total. The normalized spacial score (nSPS) is 11.8. The molecular weight excluding hydrogens is 859 g/mol. The van der Waals surface area contributed by atoms with E-state index in [-0.39, 0.29) is 34.4 Å². The highest BCUT2D eigenvalue weighted by molar-refractivity contribution is 6.10. The molecule has 0 amide bonds. The number of fused-ring (bicyclic) bond motifs is 9. The quantitative estimate of drug-likeness (QED) is 0.0671. The predicted octanol–water partition coefficient (Wildman–Crippen LogP) is 14.0. The number of carbonyl (C=O) groups is 3. The number of esters is 3. The molecule has 0 bridgehead atoms. The van der Waals surface area contributed by atoms with Crippen LogP contribution in [0.2, 0.25) is 0 Å². The van der Waals surface area contributed by atoms with Crippen LogP contribution in [0.15, 0.2) is 146 Å². The number of hydrogen-bond donors (Lipinski definition) is 0. The Bertz CT molecular complexity index is 3290. The van der Waals surface area contributed by atoms with Crippen molar-refractivity contribution in [2.24, 2.45) is 17.8 Å². The van der Waals surface area contributed by atoms with Crippen molar-refractivity contribution in [3.8, 4) is 17.2 Å². The molecule has 10 rings (SSSR count). The summed E-state index contributed by atoms with van der Waals surface area (Å²) in [4.78, 5) is 57.7. The smallest absolute Gasteiger partial charge is 0.343 e. The first-order chi connectivity index (χ1) is 33.4. The van der Waals surface area contributed by atoms with E-state index < -0.39 is 17.9 Å². The van der Waals surface area contributed by atoms with Crippen LogP contribution in [0, 0.1) is 17.8 Å². The van der Waals surface area contributed by atoms with E-state index in [2.05, 4.69) is 56.5 Å². The highest BCUT2D eigenvalue weighted by Gasteiger charge is 2.25. The van der Waals surface area contributed by atoms with E-state index in [0.29, 0.717) is 36.5 Å². The zero-order valence-corrected chi connectivity index (χ0v) is 39.5. The average molecular weight is 910 g/mol. The van der Waals surface area contributed by atoms with E-state index in [1.807, 2.05) is 91.0 Å². The van der Waals surface area contributed by atoms with Crippen molar-refractivity contribution in [3.63, 3.8) is 0 Å². The molecule has 0 saturated heterocycles. The number of nitrogens with zero attached hydrogens (tertiary/aromatic N) is 3. The Kier molecular flexibility index (Phi) is 12.0. The van der Waals surface area contributed by atoms with Crippen molar-refractivity contribution in [3.05, 3.63) is 179 Å². The van der Waals surface area contributed by atoms with Gasteiger partial charge in [-0.2, -0.15) is 0 Å². The zero-order chi connectivity index (χ0) is 47.9. The summed E-state index contributed by atoms with van der Waals surface area (Å²) in [5.74, 6) is -0.450. The second kappa shape index (κ2) is 18.6. The molecule has 10 aromatic rings. The lowest BCUT2D eigenvalue weighted by molar-refractivity contribution is 0.0733. The third-order valence-corrected chi connectivity index (χ3v) is 12.6. The van der Waals surface area contributed by atoms with Crippen molar-refractivity contribution < 1.29 is 28.6 Å². The van der Waals surface area contributed by atoms with E-state index >= 15 is 0 Å². The maximum Gasteiger partial charge on any atom is 0.343 e. The Morgan fingerprint density at radius 3 is 0.928 bits per heavy atom. The van der Waals surface area contributed by atoms with Crippen LogP contribution in [0.25, 0.3) is 65.0 Å². The molecule has 0 atom stereocenters. The largest absolute Gasteiger partial charge is 0.423 e. The second-order valence-corrected chi connectivity index (χ2v) is 19.1. The SMILES string of the molecule is CC(C)Cc1c(OC(=O)c2cc(C(=O)Oc3ccc4c(ccc5cccnc54)c3CC(C)C)cc(C(=O)Oc3ccc4c(ccc5cccnc54)c3CC(C)C)c2)ccc2c1ccc1cccnc12. The van der Waals surface area contributed by atoms with Crippen LogP contribution < -0.4 is 14.2 Å². The number of carbonyl (C=O) groups excluding carboxylic acids is 3. The first kappa shape index (κ1) is 44.8. The Morgan fingerprint density at radius 2 is 0.652 bits per heavy atom. The van der Waals surface area contributed by atoms with Crippen LogP contribution in [0.5, 0.6) is 17.2 Å².